The molecule has 0 bridgehead atoms. The highest BCUT2D eigenvalue weighted by Gasteiger charge is 2.29. The van der Waals surface area contributed by atoms with Crippen LogP contribution in [-0.2, 0) is 0 Å². The zero-order valence-corrected chi connectivity index (χ0v) is 13.9. The first kappa shape index (κ1) is 19.1. The summed E-state index contributed by atoms with van der Waals surface area (Å²) in [5, 5.41) is 0. The number of hydrogen-bond acceptors (Lipinski definition) is 4. The molecule has 0 unspecified atom stereocenters. The van der Waals surface area contributed by atoms with Gasteiger partial charge < -0.3 is 9.47 Å². The SMILES string of the molecule is O=Cc1ccc(Oc2c(F)c(F)c(Oc3ccc(C=O)cc3)c(F)c2F)cc1. The van der Waals surface area contributed by atoms with E-state index in [4.69, 9.17) is 9.47 Å². The summed E-state index contributed by atoms with van der Waals surface area (Å²) in [5.41, 5.74) is 0.546. The molecule has 0 amide bonds. The number of ether oxygens (including phenoxy) is 2. The fourth-order valence-electron chi connectivity index (χ4n) is 2.24. The molecule has 8 heteroatoms. The number of carbonyl (C=O) groups excluding carboxylic acids is 2. The maximum absolute atomic E-state index is 14.3. The molecule has 0 saturated heterocycles. The Morgan fingerprint density at radius 3 is 1.07 bits per heavy atom. The summed E-state index contributed by atoms with van der Waals surface area (Å²) >= 11 is 0. The number of benzene rings is 3. The Labute approximate surface area is 155 Å². The summed E-state index contributed by atoms with van der Waals surface area (Å²) in [4.78, 5) is 21.2. The van der Waals surface area contributed by atoms with Gasteiger partial charge in [0.05, 0.1) is 0 Å². The van der Waals surface area contributed by atoms with E-state index in [0.29, 0.717) is 12.6 Å². The molecule has 0 aliphatic heterocycles. The summed E-state index contributed by atoms with van der Waals surface area (Å²) in [6.45, 7) is 0. The lowest BCUT2D eigenvalue weighted by atomic mass is 10.2. The lowest BCUT2D eigenvalue weighted by Gasteiger charge is -2.13. The Bertz CT molecular complexity index is 918. The summed E-state index contributed by atoms with van der Waals surface area (Å²) < 4.78 is 66.9. The average molecular weight is 390 g/mol. The Morgan fingerprint density at radius 1 is 0.536 bits per heavy atom. The van der Waals surface area contributed by atoms with Gasteiger partial charge in [0, 0.05) is 11.1 Å². The standard InChI is InChI=1S/C20H10F4O4/c21-15-17(23)20(28-14-7-3-12(10-26)4-8-14)18(24)16(22)19(15)27-13-5-1-11(9-25)2-6-13/h1-10H. The van der Waals surface area contributed by atoms with Crippen molar-refractivity contribution in [2.75, 3.05) is 0 Å². The van der Waals surface area contributed by atoms with Crippen LogP contribution in [0.2, 0.25) is 0 Å². The highest BCUT2D eigenvalue weighted by Crippen LogP contribution is 2.38. The van der Waals surface area contributed by atoms with Crippen molar-refractivity contribution in [1.82, 2.24) is 0 Å². The van der Waals surface area contributed by atoms with Gasteiger partial charge in [-0.15, -0.1) is 0 Å². The molecule has 0 heterocycles. The van der Waals surface area contributed by atoms with E-state index in [1.165, 1.54) is 48.5 Å². The van der Waals surface area contributed by atoms with Crippen molar-refractivity contribution in [2.45, 2.75) is 0 Å². The average Bonchev–Trinajstić information content (AvgIpc) is 2.73. The smallest absolute Gasteiger partial charge is 0.208 e. The van der Waals surface area contributed by atoms with Crippen LogP contribution in [0.25, 0.3) is 0 Å². The van der Waals surface area contributed by atoms with Gasteiger partial charge >= 0.3 is 0 Å². The molecule has 0 N–H and O–H groups in total. The Kier molecular flexibility index (Phi) is 5.39. The van der Waals surface area contributed by atoms with Gasteiger partial charge in [-0.25, -0.2) is 0 Å². The molecule has 0 radical (unpaired) electrons. The third-order valence-electron chi connectivity index (χ3n) is 3.66. The highest BCUT2D eigenvalue weighted by atomic mass is 19.2. The van der Waals surface area contributed by atoms with Crippen molar-refractivity contribution in [1.29, 1.82) is 0 Å². The molecule has 142 valence electrons. The van der Waals surface area contributed by atoms with E-state index >= 15 is 0 Å². The van der Waals surface area contributed by atoms with E-state index < -0.39 is 34.8 Å². The molecule has 0 atom stereocenters. The van der Waals surface area contributed by atoms with Gasteiger partial charge in [-0.2, -0.15) is 17.6 Å². The first-order valence-electron chi connectivity index (χ1n) is 7.76. The minimum Gasteiger partial charge on any atom is -0.451 e. The van der Waals surface area contributed by atoms with Crippen LogP contribution in [0, 0.1) is 23.3 Å². The van der Waals surface area contributed by atoms with E-state index in [1.54, 1.807) is 0 Å². The number of aldehydes is 2. The lowest BCUT2D eigenvalue weighted by Crippen LogP contribution is -2.04. The third kappa shape index (κ3) is 3.71. The Balaban J connectivity index is 1.95. The molecule has 28 heavy (non-hydrogen) atoms. The second-order valence-electron chi connectivity index (χ2n) is 5.49. The molecular weight excluding hydrogens is 380 g/mol. The first-order chi connectivity index (χ1) is 13.4. The predicted octanol–water partition coefficient (Wildman–Crippen LogP) is 5.45. The predicted molar refractivity (Wildman–Crippen MR) is 90.1 cm³/mol. The van der Waals surface area contributed by atoms with Gasteiger partial charge in [0.2, 0.25) is 34.8 Å². The fourth-order valence-corrected chi connectivity index (χ4v) is 2.24. The van der Waals surface area contributed by atoms with Gasteiger partial charge in [0.25, 0.3) is 0 Å². The zero-order chi connectivity index (χ0) is 20.3. The van der Waals surface area contributed by atoms with Gasteiger partial charge in [0.1, 0.15) is 24.1 Å². The maximum atomic E-state index is 14.3. The minimum absolute atomic E-state index is 0.139. The highest BCUT2D eigenvalue weighted by molar-refractivity contribution is 5.75. The molecule has 3 aromatic rings. The molecule has 3 aromatic carbocycles. The first-order valence-corrected chi connectivity index (χ1v) is 7.76. The van der Waals surface area contributed by atoms with Gasteiger partial charge in [-0.05, 0) is 48.5 Å². The lowest BCUT2D eigenvalue weighted by molar-refractivity contribution is 0.111. The van der Waals surface area contributed by atoms with E-state index in [0.717, 1.165) is 0 Å². The normalized spacial score (nSPS) is 10.4. The Morgan fingerprint density at radius 2 is 0.821 bits per heavy atom. The molecule has 0 spiro atoms. The second kappa shape index (κ2) is 7.91. The van der Waals surface area contributed by atoms with Crippen LogP contribution in [0.4, 0.5) is 17.6 Å². The topological polar surface area (TPSA) is 52.6 Å². The van der Waals surface area contributed by atoms with Crippen molar-refractivity contribution < 1.29 is 36.6 Å². The van der Waals surface area contributed by atoms with Crippen molar-refractivity contribution in [3.63, 3.8) is 0 Å². The summed E-state index contributed by atoms with van der Waals surface area (Å²) in [6.07, 6.45) is 1.08. The molecule has 0 fully saturated rings. The fraction of sp³-hybridized carbons (Fsp3) is 0. The van der Waals surface area contributed by atoms with E-state index in [-0.39, 0.29) is 22.6 Å². The molecule has 0 saturated carbocycles. The quantitative estimate of drug-likeness (QED) is 0.319. The molecular formula is C20H10F4O4. The van der Waals surface area contributed by atoms with Crippen LogP contribution >= 0.6 is 0 Å². The van der Waals surface area contributed by atoms with E-state index in [1.807, 2.05) is 0 Å². The monoisotopic (exact) mass is 390 g/mol. The van der Waals surface area contributed by atoms with Crippen LogP contribution < -0.4 is 9.47 Å². The zero-order valence-electron chi connectivity index (χ0n) is 13.9. The number of halogens is 4. The number of hydrogen-bond donors (Lipinski definition) is 0. The van der Waals surface area contributed by atoms with Crippen LogP contribution in [0.5, 0.6) is 23.0 Å². The summed E-state index contributed by atoms with van der Waals surface area (Å²) in [5.74, 6) is -10.0. The van der Waals surface area contributed by atoms with E-state index in [9.17, 15) is 27.2 Å². The molecule has 0 aliphatic carbocycles. The van der Waals surface area contributed by atoms with Crippen LogP contribution in [0.3, 0.4) is 0 Å². The number of rotatable bonds is 6. The van der Waals surface area contributed by atoms with Gasteiger partial charge in [-0.1, -0.05) is 0 Å². The maximum Gasteiger partial charge on any atom is 0.208 e. The summed E-state index contributed by atoms with van der Waals surface area (Å²) in [7, 11) is 0. The van der Waals surface area contributed by atoms with Crippen LogP contribution in [0.1, 0.15) is 20.7 Å². The van der Waals surface area contributed by atoms with Gasteiger partial charge in [-0.3, -0.25) is 9.59 Å². The van der Waals surface area contributed by atoms with Crippen molar-refractivity contribution in [3.8, 4) is 23.0 Å². The van der Waals surface area contributed by atoms with Crippen LogP contribution in [-0.4, -0.2) is 12.6 Å². The molecule has 4 nitrogen and oxygen atoms in total. The molecule has 0 aromatic heterocycles. The van der Waals surface area contributed by atoms with E-state index in [2.05, 4.69) is 0 Å². The van der Waals surface area contributed by atoms with Crippen molar-refractivity contribution >= 4 is 12.6 Å². The van der Waals surface area contributed by atoms with Crippen molar-refractivity contribution in [2.24, 2.45) is 0 Å². The minimum atomic E-state index is -1.79. The number of carbonyl (C=O) groups is 2. The third-order valence-corrected chi connectivity index (χ3v) is 3.66. The van der Waals surface area contributed by atoms with Crippen molar-refractivity contribution in [3.05, 3.63) is 82.9 Å². The van der Waals surface area contributed by atoms with Gasteiger partial charge in [0.15, 0.2) is 0 Å². The Hall–Kier alpha value is -3.68. The second-order valence-corrected chi connectivity index (χ2v) is 5.49. The summed E-state index contributed by atoms with van der Waals surface area (Å²) in [6, 6.07) is 10.0. The largest absolute Gasteiger partial charge is 0.451 e. The van der Waals surface area contributed by atoms with Crippen LogP contribution in [0.15, 0.2) is 48.5 Å². The molecule has 3 rings (SSSR count). The molecule has 0 aliphatic rings.